The fourth-order valence-corrected chi connectivity index (χ4v) is 1.27. The Hall–Kier alpha value is 0.0700. The lowest BCUT2D eigenvalue weighted by Gasteiger charge is -2.22. The van der Waals surface area contributed by atoms with Gasteiger partial charge in [-0.05, 0) is 0 Å². The number of nitrogens with two attached hydrogens (primary N) is 1. The Kier molecular flexibility index (Phi) is 8.39. The molecule has 0 spiro atoms. The molecule has 0 atom stereocenters. The van der Waals surface area contributed by atoms with Crippen LogP contribution in [0.2, 0.25) is 0 Å². The smallest absolute Gasteiger partial charge is 0.0876 e. The minimum absolute atomic E-state index is 0. The predicted molar refractivity (Wildman–Crippen MR) is 48.0 cm³/mol. The van der Waals surface area contributed by atoms with Gasteiger partial charge in [0.05, 0.1) is 33.2 Å². The van der Waals surface area contributed by atoms with Crippen LogP contribution in [0.25, 0.3) is 0 Å². The molecular formula is C6H16ClN3S. The van der Waals surface area contributed by atoms with E-state index < -0.39 is 0 Å². The molecule has 3 nitrogen and oxygen atoms in total. The lowest BCUT2D eigenvalue weighted by molar-refractivity contribution is -0.867. The van der Waals surface area contributed by atoms with Gasteiger partial charge in [-0.25, -0.2) is 0 Å². The van der Waals surface area contributed by atoms with Gasteiger partial charge in [0.15, 0.2) is 0 Å². The van der Waals surface area contributed by atoms with Gasteiger partial charge in [-0.15, -0.1) is 11.8 Å². The van der Waals surface area contributed by atoms with Gasteiger partial charge < -0.3 is 22.7 Å². The van der Waals surface area contributed by atoms with E-state index in [1.54, 1.807) is 17.3 Å². The van der Waals surface area contributed by atoms with Crippen molar-refractivity contribution in [3.63, 3.8) is 0 Å². The van der Waals surface area contributed by atoms with E-state index in [1.165, 1.54) is 0 Å². The molecule has 0 saturated heterocycles. The minimum atomic E-state index is 0. The van der Waals surface area contributed by atoms with Gasteiger partial charge in [0, 0.05) is 5.75 Å². The molecule has 0 bridgehead atoms. The molecule has 0 aliphatic heterocycles. The van der Waals surface area contributed by atoms with E-state index in [9.17, 15) is 0 Å². The third-order valence-electron chi connectivity index (χ3n) is 1.02. The summed E-state index contributed by atoms with van der Waals surface area (Å²) in [7, 11) is 6.50. The summed E-state index contributed by atoms with van der Waals surface area (Å²) in [6, 6.07) is 0. The van der Waals surface area contributed by atoms with Crippen LogP contribution in [0.1, 0.15) is 0 Å². The molecule has 5 heteroatoms. The monoisotopic (exact) mass is 197 g/mol. The average Bonchev–Trinajstić information content (AvgIpc) is 1.78. The molecule has 0 unspecified atom stereocenters. The number of quaternary nitrogens is 1. The van der Waals surface area contributed by atoms with Crippen molar-refractivity contribution < 1.29 is 16.9 Å². The zero-order chi connectivity index (χ0) is 8.04. The van der Waals surface area contributed by atoms with Gasteiger partial charge in [-0.3, -0.25) is 0 Å². The Balaban J connectivity index is 0. The molecule has 0 aromatic rings. The SMILES string of the molecule is C[N+](C)(C)CCSC=NN.[Cl-]. The predicted octanol–water partition coefficient (Wildman–Crippen LogP) is -2.67. The van der Waals surface area contributed by atoms with E-state index >= 15 is 0 Å². The maximum Gasteiger partial charge on any atom is 0.0876 e. The van der Waals surface area contributed by atoms with Crippen LogP contribution in [-0.2, 0) is 0 Å². The van der Waals surface area contributed by atoms with Crippen LogP contribution in [0.15, 0.2) is 5.10 Å². The van der Waals surface area contributed by atoms with Gasteiger partial charge in [-0.2, -0.15) is 5.10 Å². The summed E-state index contributed by atoms with van der Waals surface area (Å²) < 4.78 is 0.991. The molecule has 0 aliphatic rings. The summed E-state index contributed by atoms with van der Waals surface area (Å²) in [5, 5.41) is 3.39. The highest BCUT2D eigenvalue weighted by molar-refractivity contribution is 8.12. The van der Waals surface area contributed by atoms with Crippen LogP contribution < -0.4 is 18.2 Å². The summed E-state index contributed by atoms with van der Waals surface area (Å²) >= 11 is 1.65. The average molecular weight is 198 g/mol. The summed E-state index contributed by atoms with van der Waals surface area (Å²) in [6.07, 6.45) is 0. The summed E-state index contributed by atoms with van der Waals surface area (Å²) in [6.45, 7) is 1.14. The molecule has 68 valence electrons. The lowest BCUT2D eigenvalue weighted by Crippen LogP contribution is -3.00. The molecule has 0 amide bonds. The molecule has 2 N–H and O–H groups in total. The molecule has 0 saturated carbocycles. The quantitative estimate of drug-likeness (QED) is 0.133. The van der Waals surface area contributed by atoms with Gasteiger partial charge in [0.2, 0.25) is 0 Å². The van der Waals surface area contributed by atoms with E-state index in [0.29, 0.717) is 0 Å². The van der Waals surface area contributed by atoms with Gasteiger partial charge >= 0.3 is 0 Å². The highest BCUT2D eigenvalue weighted by atomic mass is 35.5. The van der Waals surface area contributed by atoms with Crippen LogP contribution in [-0.4, -0.2) is 43.5 Å². The third kappa shape index (κ3) is 13.1. The first-order chi connectivity index (χ1) is 4.56. The summed E-state index contributed by atoms with van der Waals surface area (Å²) in [5.41, 5.74) is 1.68. The highest BCUT2D eigenvalue weighted by Crippen LogP contribution is 1.97. The summed E-state index contributed by atoms with van der Waals surface area (Å²) in [4.78, 5) is 0. The first-order valence-corrected chi connectivity index (χ1v) is 4.25. The van der Waals surface area contributed by atoms with Crippen molar-refractivity contribution in [1.29, 1.82) is 0 Å². The molecule has 11 heavy (non-hydrogen) atoms. The zero-order valence-electron chi connectivity index (χ0n) is 7.25. The number of hydrogen-bond acceptors (Lipinski definition) is 3. The van der Waals surface area contributed by atoms with Crippen LogP contribution in [0.3, 0.4) is 0 Å². The van der Waals surface area contributed by atoms with Crippen LogP contribution in [0.4, 0.5) is 0 Å². The van der Waals surface area contributed by atoms with Gasteiger partial charge in [0.1, 0.15) is 0 Å². The van der Waals surface area contributed by atoms with E-state index in [2.05, 4.69) is 26.2 Å². The maximum absolute atomic E-state index is 4.92. The number of hydrogen-bond donors (Lipinski definition) is 1. The summed E-state index contributed by atoms with van der Waals surface area (Å²) in [5.74, 6) is 6.00. The topological polar surface area (TPSA) is 38.4 Å². The second-order valence-electron chi connectivity index (χ2n) is 3.14. The van der Waals surface area contributed by atoms with Crippen molar-refractivity contribution in [2.24, 2.45) is 10.9 Å². The largest absolute Gasteiger partial charge is 1.00 e. The first kappa shape index (κ1) is 13.6. The van der Waals surface area contributed by atoms with Crippen molar-refractivity contribution in [2.75, 3.05) is 33.4 Å². The number of thioether (sulfide) groups is 1. The molecule has 0 radical (unpaired) electrons. The third-order valence-corrected chi connectivity index (χ3v) is 1.70. The molecule has 0 rings (SSSR count). The van der Waals surface area contributed by atoms with Gasteiger partial charge in [0.25, 0.3) is 0 Å². The van der Waals surface area contributed by atoms with E-state index in [0.717, 1.165) is 16.8 Å². The molecule has 0 aliphatic carbocycles. The normalized spacial score (nSPS) is 11.5. The van der Waals surface area contributed by atoms with E-state index in [-0.39, 0.29) is 12.4 Å². The second kappa shape index (κ2) is 6.76. The molecular weight excluding hydrogens is 182 g/mol. The Morgan fingerprint density at radius 3 is 2.36 bits per heavy atom. The molecule has 0 fully saturated rings. The van der Waals surface area contributed by atoms with Crippen molar-refractivity contribution in [3.05, 3.63) is 0 Å². The maximum atomic E-state index is 4.92. The lowest BCUT2D eigenvalue weighted by atomic mass is 10.6. The standard InChI is InChI=1S/C6H16N3S.ClH/c1-9(2,3)4-5-10-6-8-7;/h6H,4-5,7H2,1-3H3;1H/q+1;/p-1. The van der Waals surface area contributed by atoms with Crippen LogP contribution >= 0.6 is 11.8 Å². The number of hydrazone groups is 1. The number of halogens is 1. The fourth-order valence-electron chi connectivity index (χ4n) is 0.422. The Labute approximate surface area is 79.0 Å². The highest BCUT2D eigenvalue weighted by Gasteiger charge is 2.04. The van der Waals surface area contributed by atoms with Crippen LogP contribution in [0.5, 0.6) is 0 Å². The first-order valence-electron chi connectivity index (χ1n) is 3.20. The van der Waals surface area contributed by atoms with Gasteiger partial charge in [-0.1, -0.05) is 0 Å². The Morgan fingerprint density at radius 1 is 1.45 bits per heavy atom. The number of rotatable bonds is 4. The minimum Gasteiger partial charge on any atom is -1.00 e. The van der Waals surface area contributed by atoms with Crippen LogP contribution in [0, 0.1) is 0 Å². The molecule has 0 heterocycles. The van der Waals surface area contributed by atoms with Crippen molar-refractivity contribution in [3.8, 4) is 0 Å². The Morgan fingerprint density at radius 2 is 2.00 bits per heavy atom. The molecule has 0 aromatic carbocycles. The van der Waals surface area contributed by atoms with E-state index in [1.807, 2.05) is 0 Å². The van der Waals surface area contributed by atoms with Crippen molar-refractivity contribution in [2.45, 2.75) is 0 Å². The van der Waals surface area contributed by atoms with E-state index in [4.69, 9.17) is 5.84 Å². The number of nitrogens with zero attached hydrogens (tertiary/aromatic N) is 2. The van der Waals surface area contributed by atoms with Crippen molar-refractivity contribution in [1.82, 2.24) is 0 Å². The fraction of sp³-hybridized carbons (Fsp3) is 0.833. The zero-order valence-corrected chi connectivity index (χ0v) is 8.82. The van der Waals surface area contributed by atoms with Crippen molar-refractivity contribution >= 4 is 17.3 Å². The Bertz CT molecular complexity index is 111. The second-order valence-corrected chi connectivity index (χ2v) is 4.09. The molecule has 0 aromatic heterocycles.